The largest absolute Gasteiger partial charge is 0.350 e. The summed E-state index contributed by atoms with van der Waals surface area (Å²) in [6, 6.07) is 10.1. The number of benzene rings is 1. The molecule has 3 heterocycles. The zero-order chi connectivity index (χ0) is 16.7. The van der Waals surface area contributed by atoms with Crippen LogP contribution in [0.25, 0.3) is 16.3 Å². The van der Waals surface area contributed by atoms with E-state index in [-0.39, 0.29) is 18.1 Å². The Labute approximate surface area is 144 Å². The number of fused-ring (bicyclic) bond motifs is 1. The van der Waals surface area contributed by atoms with Gasteiger partial charge in [0.1, 0.15) is 5.01 Å². The molecule has 3 N–H and O–H groups in total. The fourth-order valence-electron chi connectivity index (χ4n) is 3.02. The third-order valence-corrected chi connectivity index (χ3v) is 5.05. The number of thiazole rings is 1. The molecular weight excluding hydrogens is 322 g/mol. The van der Waals surface area contributed by atoms with Crippen molar-refractivity contribution >= 4 is 22.9 Å². The molecule has 2 aliphatic heterocycles. The van der Waals surface area contributed by atoms with Crippen LogP contribution >= 0.6 is 11.3 Å². The standard InChI is InChI=1S/C17H19N5OS/c1-10(2)13-14(21-17-18-9-19-22(17)16(13)23)12-8-24-15(20-12)11-6-4-3-5-7-11/h3-8,10,17-19,21H,9H2,1-2H3. The number of nitrogens with zero attached hydrogens (tertiary/aromatic N) is 2. The molecule has 6 nitrogen and oxygen atoms in total. The molecule has 0 bridgehead atoms. The summed E-state index contributed by atoms with van der Waals surface area (Å²) in [5.41, 5.74) is 6.55. The molecule has 24 heavy (non-hydrogen) atoms. The highest BCUT2D eigenvalue weighted by molar-refractivity contribution is 7.13. The lowest BCUT2D eigenvalue weighted by Crippen LogP contribution is -2.56. The highest BCUT2D eigenvalue weighted by Crippen LogP contribution is 2.31. The maximum absolute atomic E-state index is 12.8. The summed E-state index contributed by atoms with van der Waals surface area (Å²) in [5.74, 6) is 0.105. The summed E-state index contributed by atoms with van der Waals surface area (Å²) in [6.07, 6.45) is -0.239. The topological polar surface area (TPSA) is 69.3 Å². The average molecular weight is 341 g/mol. The molecule has 2 aliphatic rings. The van der Waals surface area contributed by atoms with Crippen molar-refractivity contribution in [3.63, 3.8) is 0 Å². The number of carbonyl (C=O) groups excluding carboxylic acids is 1. The fourth-order valence-corrected chi connectivity index (χ4v) is 3.83. The number of nitrogens with one attached hydrogen (secondary N) is 3. The van der Waals surface area contributed by atoms with E-state index < -0.39 is 0 Å². The van der Waals surface area contributed by atoms with Crippen molar-refractivity contribution in [1.82, 2.24) is 26.1 Å². The summed E-state index contributed by atoms with van der Waals surface area (Å²) < 4.78 is 0. The lowest BCUT2D eigenvalue weighted by Gasteiger charge is -2.34. The van der Waals surface area contributed by atoms with Gasteiger partial charge in [0.05, 0.1) is 18.1 Å². The summed E-state index contributed by atoms with van der Waals surface area (Å²) >= 11 is 1.59. The van der Waals surface area contributed by atoms with Gasteiger partial charge >= 0.3 is 0 Å². The van der Waals surface area contributed by atoms with Crippen molar-refractivity contribution in [2.24, 2.45) is 5.92 Å². The van der Waals surface area contributed by atoms with E-state index in [4.69, 9.17) is 4.98 Å². The Kier molecular flexibility index (Phi) is 3.84. The lowest BCUT2D eigenvalue weighted by atomic mass is 9.97. The molecule has 7 heteroatoms. The zero-order valence-electron chi connectivity index (χ0n) is 13.5. The third-order valence-electron chi connectivity index (χ3n) is 4.16. The van der Waals surface area contributed by atoms with Crippen LogP contribution in [0.5, 0.6) is 0 Å². The van der Waals surface area contributed by atoms with Crippen molar-refractivity contribution < 1.29 is 4.79 Å². The number of aromatic nitrogens is 1. The van der Waals surface area contributed by atoms with Gasteiger partial charge in [-0.25, -0.2) is 15.4 Å². The van der Waals surface area contributed by atoms with Crippen LogP contribution in [0.4, 0.5) is 0 Å². The SMILES string of the molecule is CC(C)C1=C(c2csc(-c3ccccc3)n2)NC2NCNN2C1=O. The lowest BCUT2D eigenvalue weighted by molar-refractivity contribution is -0.132. The van der Waals surface area contributed by atoms with Crippen LogP contribution < -0.4 is 16.1 Å². The second-order valence-corrected chi connectivity index (χ2v) is 6.97. The van der Waals surface area contributed by atoms with Crippen LogP contribution in [0, 0.1) is 5.92 Å². The van der Waals surface area contributed by atoms with Crippen molar-refractivity contribution in [3.8, 4) is 10.6 Å². The van der Waals surface area contributed by atoms with E-state index >= 15 is 0 Å². The Hall–Kier alpha value is -2.22. The minimum absolute atomic E-state index is 0.00279. The van der Waals surface area contributed by atoms with Crippen LogP contribution in [0.15, 0.2) is 41.3 Å². The second kappa shape index (κ2) is 6.01. The number of hydrogen-bond donors (Lipinski definition) is 3. The second-order valence-electron chi connectivity index (χ2n) is 6.11. The Balaban J connectivity index is 1.76. The van der Waals surface area contributed by atoms with Gasteiger partial charge in [-0.1, -0.05) is 44.2 Å². The van der Waals surface area contributed by atoms with Crippen LogP contribution in [-0.2, 0) is 4.79 Å². The van der Waals surface area contributed by atoms with Crippen molar-refractivity contribution in [1.29, 1.82) is 0 Å². The van der Waals surface area contributed by atoms with Gasteiger partial charge in [0.2, 0.25) is 0 Å². The first-order valence-electron chi connectivity index (χ1n) is 7.97. The quantitative estimate of drug-likeness (QED) is 0.796. The normalized spacial score (nSPS) is 20.5. The number of rotatable bonds is 3. The van der Waals surface area contributed by atoms with Gasteiger partial charge in [-0.3, -0.25) is 10.1 Å². The van der Waals surface area contributed by atoms with Gasteiger partial charge in [0.25, 0.3) is 5.91 Å². The van der Waals surface area contributed by atoms with Gasteiger partial charge in [-0.15, -0.1) is 11.3 Å². The third kappa shape index (κ3) is 2.50. The van der Waals surface area contributed by atoms with Gasteiger partial charge in [0.15, 0.2) is 6.29 Å². The Morgan fingerprint density at radius 3 is 2.83 bits per heavy atom. The van der Waals surface area contributed by atoms with E-state index in [0.717, 1.165) is 27.5 Å². The van der Waals surface area contributed by atoms with Gasteiger partial charge < -0.3 is 5.32 Å². The molecule has 1 fully saturated rings. The minimum atomic E-state index is -0.239. The first-order valence-corrected chi connectivity index (χ1v) is 8.85. The fraction of sp³-hybridized carbons (Fsp3) is 0.294. The smallest absolute Gasteiger partial charge is 0.269 e. The highest BCUT2D eigenvalue weighted by atomic mass is 32.1. The van der Waals surface area contributed by atoms with Crippen molar-refractivity contribution in [3.05, 3.63) is 47.0 Å². The molecule has 0 spiro atoms. The first kappa shape index (κ1) is 15.3. The molecule has 1 aromatic carbocycles. The van der Waals surface area contributed by atoms with E-state index in [9.17, 15) is 4.79 Å². The molecule has 1 saturated heterocycles. The summed E-state index contributed by atoms with van der Waals surface area (Å²) in [7, 11) is 0. The monoisotopic (exact) mass is 341 g/mol. The maximum atomic E-state index is 12.8. The molecule has 0 saturated carbocycles. The van der Waals surface area contributed by atoms with Crippen LogP contribution in [0.2, 0.25) is 0 Å². The maximum Gasteiger partial charge on any atom is 0.269 e. The van der Waals surface area contributed by atoms with E-state index in [1.807, 2.05) is 49.6 Å². The minimum Gasteiger partial charge on any atom is -0.350 e. The van der Waals surface area contributed by atoms with Crippen molar-refractivity contribution in [2.45, 2.75) is 20.1 Å². The molecule has 124 valence electrons. The molecule has 1 amide bonds. The van der Waals surface area contributed by atoms with E-state index in [2.05, 4.69) is 16.1 Å². The molecule has 4 rings (SSSR count). The molecule has 1 unspecified atom stereocenters. The Morgan fingerprint density at radius 2 is 2.08 bits per heavy atom. The van der Waals surface area contributed by atoms with E-state index in [1.165, 1.54) is 0 Å². The van der Waals surface area contributed by atoms with Crippen LogP contribution in [0.3, 0.4) is 0 Å². The molecule has 2 aromatic rings. The number of hydrazine groups is 1. The number of carbonyl (C=O) groups is 1. The Bertz CT molecular complexity index is 798. The van der Waals surface area contributed by atoms with E-state index in [1.54, 1.807) is 16.3 Å². The van der Waals surface area contributed by atoms with Gasteiger partial charge in [-0.05, 0) is 5.92 Å². The van der Waals surface area contributed by atoms with Gasteiger partial charge in [-0.2, -0.15) is 0 Å². The highest BCUT2D eigenvalue weighted by Gasteiger charge is 2.38. The van der Waals surface area contributed by atoms with E-state index in [0.29, 0.717) is 6.67 Å². The van der Waals surface area contributed by atoms with Crippen molar-refractivity contribution in [2.75, 3.05) is 6.67 Å². The van der Waals surface area contributed by atoms with Crippen LogP contribution in [-0.4, -0.2) is 28.9 Å². The molecule has 1 aromatic heterocycles. The molecule has 1 atom stereocenters. The summed E-state index contributed by atoms with van der Waals surface area (Å²) in [5, 5.41) is 11.2. The Morgan fingerprint density at radius 1 is 1.29 bits per heavy atom. The zero-order valence-corrected chi connectivity index (χ0v) is 14.4. The number of amides is 1. The molecule has 0 radical (unpaired) electrons. The summed E-state index contributed by atoms with van der Waals surface area (Å²) in [4.78, 5) is 17.6. The predicted molar refractivity (Wildman–Crippen MR) is 94.2 cm³/mol. The summed E-state index contributed by atoms with van der Waals surface area (Å²) in [6.45, 7) is 4.63. The van der Waals surface area contributed by atoms with Gasteiger partial charge in [0, 0.05) is 16.5 Å². The first-order chi connectivity index (χ1) is 11.6. The molecule has 0 aliphatic carbocycles. The number of hydrogen-bond acceptors (Lipinski definition) is 6. The predicted octanol–water partition coefficient (Wildman–Crippen LogP) is 1.96. The molecular formula is C17H19N5OS. The average Bonchev–Trinajstić information content (AvgIpc) is 3.24. The van der Waals surface area contributed by atoms with Crippen LogP contribution in [0.1, 0.15) is 19.5 Å².